The SMILES string of the molecule is CC1CCCCC1[n+]1cc2ccccc2[se]c1=O. The van der Waals surface area contributed by atoms with Crippen molar-refractivity contribution in [3.05, 3.63) is 39.7 Å². The normalized spacial score (nSPS) is 24.3. The third-order valence-corrected chi connectivity index (χ3v) is 6.08. The molecule has 0 aliphatic heterocycles. The molecule has 3 rings (SSSR count). The van der Waals surface area contributed by atoms with Crippen molar-refractivity contribution in [2.45, 2.75) is 38.6 Å². The van der Waals surface area contributed by atoms with E-state index in [0.717, 1.165) is 0 Å². The minimum absolute atomic E-state index is 0.0392. The van der Waals surface area contributed by atoms with Gasteiger partial charge >= 0.3 is 113 Å². The van der Waals surface area contributed by atoms with Gasteiger partial charge in [-0.1, -0.05) is 0 Å². The van der Waals surface area contributed by atoms with Gasteiger partial charge in [0, 0.05) is 0 Å². The van der Waals surface area contributed by atoms with Crippen LogP contribution >= 0.6 is 0 Å². The van der Waals surface area contributed by atoms with E-state index in [1.54, 1.807) is 0 Å². The molecule has 2 aromatic rings. The molecule has 2 atom stereocenters. The molecule has 94 valence electrons. The summed E-state index contributed by atoms with van der Waals surface area (Å²) in [6.07, 6.45) is 7.11. The monoisotopic (exact) mass is 308 g/mol. The van der Waals surface area contributed by atoms with Crippen LogP contribution in [-0.2, 0) is 0 Å². The first-order valence-electron chi connectivity index (χ1n) is 6.70. The van der Waals surface area contributed by atoms with Crippen molar-refractivity contribution in [3.8, 4) is 0 Å². The molecule has 0 bridgehead atoms. The average molecular weight is 307 g/mol. The molecule has 1 aromatic heterocycles. The van der Waals surface area contributed by atoms with Crippen molar-refractivity contribution < 1.29 is 4.57 Å². The molecular weight excluding hydrogens is 289 g/mol. The molecule has 1 heterocycles. The Hall–Kier alpha value is -0.921. The Bertz CT molecular complexity index is 619. The predicted molar refractivity (Wildman–Crippen MR) is 74.0 cm³/mol. The Morgan fingerprint density at radius 1 is 1.22 bits per heavy atom. The third-order valence-electron chi connectivity index (χ3n) is 4.03. The Balaban J connectivity index is 2.10. The molecule has 1 fully saturated rings. The van der Waals surface area contributed by atoms with E-state index in [1.807, 2.05) is 10.6 Å². The van der Waals surface area contributed by atoms with Crippen LogP contribution in [0.4, 0.5) is 0 Å². The zero-order valence-corrected chi connectivity index (χ0v) is 12.3. The summed E-state index contributed by atoms with van der Waals surface area (Å²) in [4.78, 5) is 12.3. The summed E-state index contributed by atoms with van der Waals surface area (Å²) in [6.45, 7) is 2.29. The fourth-order valence-electron chi connectivity index (χ4n) is 2.97. The van der Waals surface area contributed by atoms with Gasteiger partial charge in [0.1, 0.15) is 0 Å². The molecule has 2 nitrogen and oxygen atoms in total. The fourth-order valence-corrected chi connectivity index (χ4v) is 4.79. The first-order valence-corrected chi connectivity index (χ1v) is 8.41. The number of nitrogens with zero attached hydrogens (tertiary/aromatic N) is 1. The van der Waals surface area contributed by atoms with E-state index in [1.165, 1.54) is 35.3 Å². The molecule has 0 N–H and O–H groups in total. The molecule has 1 aliphatic carbocycles. The number of hydrogen-bond acceptors (Lipinski definition) is 1. The van der Waals surface area contributed by atoms with E-state index in [0.29, 0.717) is 16.4 Å². The third kappa shape index (κ3) is 2.17. The van der Waals surface area contributed by atoms with Crippen molar-refractivity contribution >= 4 is 24.1 Å². The number of fused-ring (bicyclic) bond motifs is 1. The second-order valence-corrected chi connectivity index (χ2v) is 7.36. The number of rotatable bonds is 1. The molecule has 2 unspecified atom stereocenters. The van der Waals surface area contributed by atoms with Gasteiger partial charge in [0.15, 0.2) is 0 Å². The van der Waals surface area contributed by atoms with Crippen LogP contribution in [0.2, 0.25) is 0 Å². The number of aromatic nitrogens is 1. The van der Waals surface area contributed by atoms with Gasteiger partial charge in [-0.05, 0) is 0 Å². The van der Waals surface area contributed by atoms with Crippen LogP contribution in [-0.4, -0.2) is 14.5 Å². The van der Waals surface area contributed by atoms with E-state index in [9.17, 15) is 4.79 Å². The van der Waals surface area contributed by atoms with E-state index < -0.39 is 0 Å². The zero-order valence-electron chi connectivity index (χ0n) is 10.6. The van der Waals surface area contributed by atoms with Crippen LogP contribution in [0, 0.1) is 5.92 Å². The molecule has 18 heavy (non-hydrogen) atoms. The molecule has 0 amide bonds. The van der Waals surface area contributed by atoms with Crippen molar-refractivity contribution in [3.63, 3.8) is 0 Å². The second-order valence-electron chi connectivity index (χ2n) is 5.27. The predicted octanol–water partition coefficient (Wildman–Crippen LogP) is 2.30. The van der Waals surface area contributed by atoms with E-state index in [2.05, 4.69) is 31.3 Å². The Labute approximate surface area is 113 Å². The van der Waals surface area contributed by atoms with Crippen LogP contribution in [0.3, 0.4) is 0 Å². The van der Waals surface area contributed by atoms with E-state index in [-0.39, 0.29) is 14.5 Å². The van der Waals surface area contributed by atoms with Crippen LogP contribution in [0.1, 0.15) is 38.6 Å². The van der Waals surface area contributed by atoms with Crippen LogP contribution in [0.5, 0.6) is 0 Å². The first-order chi connectivity index (χ1) is 8.75. The molecular formula is C15H18NOSe+. The van der Waals surface area contributed by atoms with Crippen LogP contribution in [0.15, 0.2) is 35.3 Å². The summed E-state index contributed by atoms with van der Waals surface area (Å²) < 4.78 is 3.61. The van der Waals surface area contributed by atoms with E-state index >= 15 is 0 Å². The summed E-state index contributed by atoms with van der Waals surface area (Å²) in [5.74, 6) is 0.639. The molecule has 1 saturated carbocycles. The summed E-state index contributed by atoms with van der Waals surface area (Å²) >= 11 is -0.0392. The van der Waals surface area contributed by atoms with Crippen molar-refractivity contribution in [2.75, 3.05) is 0 Å². The molecule has 1 aliphatic rings. The van der Waals surface area contributed by atoms with Crippen molar-refractivity contribution in [2.24, 2.45) is 5.92 Å². The molecule has 0 radical (unpaired) electrons. The van der Waals surface area contributed by atoms with Gasteiger partial charge in [0.25, 0.3) is 0 Å². The van der Waals surface area contributed by atoms with Gasteiger partial charge in [-0.3, -0.25) is 0 Å². The van der Waals surface area contributed by atoms with Gasteiger partial charge in [0.2, 0.25) is 0 Å². The van der Waals surface area contributed by atoms with Gasteiger partial charge in [-0.2, -0.15) is 0 Å². The van der Waals surface area contributed by atoms with Crippen molar-refractivity contribution in [1.82, 2.24) is 0 Å². The summed E-state index contributed by atoms with van der Waals surface area (Å²) in [7, 11) is 0. The molecule has 0 spiro atoms. The van der Waals surface area contributed by atoms with Crippen LogP contribution in [0.25, 0.3) is 9.65 Å². The fraction of sp³-hybridized carbons (Fsp3) is 0.467. The number of benzene rings is 1. The minimum atomic E-state index is -0.0392. The topological polar surface area (TPSA) is 20.9 Å². The van der Waals surface area contributed by atoms with E-state index in [4.69, 9.17) is 0 Å². The quantitative estimate of drug-likeness (QED) is 0.585. The van der Waals surface area contributed by atoms with Crippen molar-refractivity contribution in [1.29, 1.82) is 0 Å². The zero-order chi connectivity index (χ0) is 12.5. The number of hydrogen-bond donors (Lipinski definition) is 0. The summed E-state index contributed by atoms with van der Waals surface area (Å²) in [5.41, 5.74) is 0. The Kier molecular flexibility index (Phi) is 3.36. The maximum atomic E-state index is 12.3. The van der Waals surface area contributed by atoms with Gasteiger partial charge in [0.05, 0.1) is 0 Å². The van der Waals surface area contributed by atoms with Gasteiger partial charge in [-0.15, -0.1) is 0 Å². The summed E-state index contributed by atoms with van der Waals surface area (Å²) in [6, 6.07) is 8.74. The average Bonchev–Trinajstić information content (AvgIpc) is 2.39. The Morgan fingerprint density at radius 2 is 2.00 bits per heavy atom. The van der Waals surface area contributed by atoms with Gasteiger partial charge in [-0.25, -0.2) is 0 Å². The second kappa shape index (κ2) is 4.99. The standard InChI is InChI=1S/C15H18NOSe/c1-11-6-2-4-8-13(11)16-10-12-7-3-5-9-14(12)18-15(16)17/h3,5,7,9-11,13H,2,4,6,8H2,1H3/q+1. The molecule has 0 saturated heterocycles. The first kappa shape index (κ1) is 12.1. The van der Waals surface area contributed by atoms with Gasteiger partial charge < -0.3 is 0 Å². The van der Waals surface area contributed by atoms with Crippen LogP contribution < -0.4 is 9.00 Å². The maximum absolute atomic E-state index is 12.3. The Morgan fingerprint density at radius 3 is 2.83 bits per heavy atom. The molecule has 3 heteroatoms. The molecule has 1 aromatic carbocycles. The summed E-state index contributed by atoms with van der Waals surface area (Å²) in [5, 5.41) is 1.25.